The van der Waals surface area contributed by atoms with E-state index in [1.54, 1.807) is 0 Å². The summed E-state index contributed by atoms with van der Waals surface area (Å²) in [7, 11) is 0. The van der Waals surface area contributed by atoms with Crippen LogP contribution in [0.2, 0.25) is 0 Å². The van der Waals surface area contributed by atoms with E-state index in [9.17, 15) is 0 Å². The van der Waals surface area contributed by atoms with Crippen LogP contribution in [0.5, 0.6) is 0 Å². The summed E-state index contributed by atoms with van der Waals surface area (Å²) in [6, 6.07) is 0. The molecule has 0 saturated heterocycles. The molecule has 0 aromatic rings. The number of nitrogens with zero attached hydrogens (tertiary/aromatic N) is 1. The van der Waals surface area contributed by atoms with Crippen LogP contribution in [0.1, 0.15) is 39.5 Å². The van der Waals surface area contributed by atoms with Gasteiger partial charge in [-0.15, -0.1) is 12.6 Å². The van der Waals surface area contributed by atoms with Crippen LogP contribution in [0.15, 0.2) is 0 Å². The molecular formula is C9H21NS2Se. The maximum absolute atomic E-state index is 5.03. The van der Waals surface area contributed by atoms with Gasteiger partial charge in [-0.3, -0.25) is 0 Å². The second-order valence-corrected chi connectivity index (χ2v) is 4.09. The van der Waals surface area contributed by atoms with Gasteiger partial charge in [-0.25, -0.2) is 0 Å². The van der Waals surface area contributed by atoms with Crippen molar-refractivity contribution in [2.45, 2.75) is 39.5 Å². The van der Waals surface area contributed by atoms with Gasteiger partial charge in [-0.2, -0.15) is 0 Å². The van der Waals surface area contributed by atoms with Gasteiger partial charge >= 0.3 is 17.1 Å². The van der Waals surface area contributed by atoms with Crippen LogP contribution < -0.4 is 0 Å². The van der Waals surface area contributed by atoms with E-state index in [4.69, 9.17) is 12.2 Å². The van der Waals surface area contributed by atoms with Crippen molar-refractivity contribution in [2.24, 2.45) is 0 Å². The summed E-state index contributed by atoms with van der Waals surface area (Å²) in [5.41, 5.74) is 0. The molecule has 0 unspecified atom stereocenters. The Morgan fingerprint density at radius 2 is 1.54 bits per heavy atom. The normalized spacial score (nSPS) is 9.15. The van der Waals surface area contributed by atoms with Crippen molar-refractivity contribution in [3.63, 3.8) is 0 Å². The summed E-state index contributed by atoms with van der Waals surface area (Å²) in [4.78, 5) is 2.19. The van der Waals surface area contributed by atoms with E-state index in [-0.39, 0.29) is 17.1 Å². The molecule has 1 nitrogen and oxygen atoms in total. The molecule has 0 aliphatic rings. The predicted molar refractivity (Wildman–Crippen MR) is 71.5 cm³/mol. The Hall–Kier alpha value is 0.759. The van der Waals surface area contributed by atoms with Crippen LogP contribution in [0, 0.1) is 0 Å². The molecule has 0 spiro atoms. The van der Waals surface area contributed by atoms with Crippen LogP contribution >= 0.6 is 24.8 Å². The molecule has 0 rings (SSSR count). The first-order valence-electron chi connectivity index (χ1n) is 4.70. The summed E-state index contributed by atoms with van der Waals surface area (Å²) < 4.78 is 0.747. The van der Waals surface area contributed by atoms with Gasteiger partial charge in [-0.1, -0.05) is 38.9 Å². The molecule has 80 valence electrons. The first-order valence-corrected chi connectivity index (χ1v) is 5.55. The van der Waals surface area contributed by atoms with E-state index in [0.717, 1.165) is 17.4 Å². The monoisotopic (exact) mass is 287 g/mol. The van der Waals surface area contributed by atoms with E-state index in [1.807, 2.05) is 0 Å². The van der Waals surface area contributed by atoms with E-state index < -0.39 is 0 Å². The topological polar surface area (TPSA) is 3.24 Å². The molecule has 0 aliphatic carbocycles. The SMILES string of the molecule is CCCCN(CCCC)C(=S)S.[SeH2]. The van der Waals surface area contributed by atoms with Crippen LogP contribution in [0.4, 0.5) is 0 Å². The van der Waals surface area contributed by atoms with Crippen molar-refractivity contribution in [1.82, 2.24) is 4.90 Å². The quantitative estimate of drug-likeness (QED) is 0.453. The Labute approximate surface area is 104 Å². The minimum absolute atomic E-state index is 0. The van der Waals surface area contributed by atoms with Crippen molar-refractivity contribution >= 4 is 46.2 Å². The van der Waals surface area contributed by atoms with E-state index in [2.05, 4.69) is 31.4 Å². The fourth-order valence-corrected chi connectivity index (χ4v) is 1.38. The van der Waals surface area contributed by atoms with Gasteiger partial charge in [0.25, 0.3) is 0 Å². The molecule has 0 atom stereocenters. The molecule has 4 heteroatoms. The first kappa shape index (κ1) is 16.2. The number of rotatable bonds is 6. The molecule has 0 aromatic heterocycles. The first-order chi connectivity index (χ1) is 5.72. The summed E-state index contributed by atoms with van der Waals surface area (Å²) in [5.74, 6) is 0. The summed E-state index contributed by atoms with van der Waals surface area (Å²) in [5, 5.41) is 0. The van der Waals surface area contributed by atoms with E-state index in [1.165, 1.54) is 25.7 Å². The average Bonchev–Trinajstić information content (AvgIpc) is 2.04. The van der Waals surface area contributed by atoms with Gasteiger partial charge in [0, 0.05) is 13.1 Å². The zero-order chi connectivity index (χ0) is 9.40. The molecule has 0 amide bonds. The van der Waals surface area contributed by atoms with Crippen molar-refractivity contribution in [3.05, 3.63) is 0 Å². The summed E-state index contributed by atoms with van der Waals surface area (Å²) >= 11 is 9.23. The molecular weight excluding hydrogens is 265 g/mol. The Balaban J connectivity index is 0. The van der Waals surface area contributed by atoms with E-state index >= 15 is 0 Å². The molecule has 0 N–H and O–H groups in total. The third-order valence-electron chi connectivity index (χ3n) is 1.83. The Morgan fingerprint density at radius 3 is 1.77 bits per heavy atom. The van der Waals surface area contributed by atoms with Gasteiger partial charge in [0.15, 0.2) is 0 Å². The Kier molecular flexibility index (Phi) is 13.5. The molecule has 0 saturated carbocycles. The fraction of sp³-hybridized carbons (Fsp3) is 0.889. The van der Waals surface area contributed by atoms with Gasteiger partial charge in [0.2, 0.25) is 0 Å². The number of thiocarbonyl (C=S) groups is 1. The molecule has 0 radical (unpaired) electrons. The number of hydrogen-bond acceptors (Lipinski definition) is 1. The molecule has 0 aliphatic heterocycles. The molecule has 0 fully saturated rings. The maximum atomic E-state index is 5.03. The summed E-state index contributed by atoms with van der Waals surface area (Å²) in [6.45, 7) is 6.52. The van der Waals surface area contributed by atoms with Crippen LogP contribution in [0.25, 0.3) is 0 Å². The van der Waals surface area contributed by atoms with Crippen molar-refractivity contribution < 1.29 is 0 Å². The third-order valence-corrected chi connectivity index (χ3v) is 2.37. The van der Waals surface area contributed by atoms with Crippen molar-refractivity contribution in [3.8, 4) is 0 Å². The van der Waals surface area contributed by atoms with Crippen LogP contribution in [0.3, 0.4) is 0 Å². The number of hydrogen-bond donors (Lipinski definition) is 1. The predicted octanol–water partition coefficient (Wildman–Crippen LogP) is 2.19. The molecule has 0 aromatic carbocycles. The minimum atomic E-state index is 0. The summed E-state index contributed by atoms with van der Waals surface area (Å²) in [6.07, 6.45) is 4.87. The molecule has 0 bridgehead atoms. The van der Waals surface area contributed by atoms with Crippen LogP contribution in [-0.4, -0.2) is 39.4 Å². The van der Waals surface area contributed by atoms with Gasteiger partial charge < -0.3 is 4.90 Å². The van der Waals surface area contributed by atoms with Gasteiger partial charge in [0.1, 0.15) is 4.32 Å². The number of unbranched alkanes of at least 4 members (excludes halogenated alkanes) is 2. The zero-order valence-corrected chi connectivity index (χ0v) is 12.4. The van der Waals surface area contributed by atoms with Gasteiger partial charge in [0.05, 0.1) is 0 Å². The van der Waals surface area contributed by atoms with Crippen molar-refractivity contribution in [1.29, 1.82) is 0 Å². The third kappa shape index (κ3) is 9.07. The fourth-order valence-electron chi connectivity index (χ4n) is 1.00. The molecule has 13 heavy (non-hydrogen) atoms. The Bertz CT molecular complexity index is 123. The number of thiol groups is 1. The van der Waals surface area contributed by atoms with Crippen molar-refractivity contribution in [2.75, 3.05) is 13.1 Å². The van der Waals surface area contributed by atoms with E-state index in [0.29, 0.717) is 0 Å². The second-order valence-electron chi connectivity index (χ2n) is 2.98. The Morgan fingerprint density at radius 1 is 1.15 bits per heavy atom. The van der Waals surface area contributed by atoms with Gasteiger partial charge in [-0.05, 0) is 12.8 Å². The average molecular weight is 286 g/mol. The zero-order valence-electron chi connectivity index (χ0n) is 8.55. The second kappa shape index (κ2) is 10.8. The molecule has 0 heterocycles. The van der Waals surface area contributed by atoms with Crippen LogP contribution in [-0.2, 0) is 0 Å². The standard InChI is InChI=1S/C9H19NS2.H2Se/c1-3-5-7-10(9(11)12)8-6-4-2;/h3-8H2,1-2H3,(H,11,12);1H2.